The summed E-state index contributed by atoms with van der Waals surface area (Å²) in [4.78, 5) is 25.0. The van der Waals surface area contributed by atoms with Gasteiger partial charge in [0.05, 0.1) is 6.42 Å². The molecule has 0 amide bonds. The fourth-order valence-corrected chi connectivity index (χ4v) is 4.63. The largest absolute Gasteiger partial charge is 0.507 e. The molecule has 0 heterocycles. The Morgan fingerprint density at radius 3 is 2.20 bits per heavy atom. The highest BCUT2D eigenvalue weighted by atomic mass is 16.5. The van der Waals surface area contributed by atoms with Crippen molar-refractivity contribution in [3.63, 3.8) is 0 Å². The van der Waals surface area contributed by atoms with E-state index in [4.69, 9.17) is 9.47 Å². The maximum atomic E-state index is 12.6. The first-order valence-electron chi connectivity index (χ1n) is 11.9. The molecule has 1 aliphatic carbocycles. The van der Waals surface area contributed by atoms with E-state index in [9.17, 15) is 14.7 Å². The first kappa shape index (κ1) is 24.5. The predicted octanol–water partition coefficient (Wildman–Crippen LogP) is 6.25. The number of phenolic OH excluding ortho intramolecular Hbond substituents is 1. The summed E-state index contributed by atoms with van der Waals surface area (Å²) in [7, 11) is 0. The number of benzene rings is 3. The minimum absolute atomic E-state index is 0.0141. The lowest BCUT2D eigenvalue weighted by atomic mass is 9.63. The second-order valence-electron chi connectivity index (χ2n) is 10.5. The summed E-state index contributed by atoms with van der Waals surface area (Å²) in [6.45, 7) is 9.13. The van der Waals surface area contributed by atoms with Crippen molar-refractivity contribution < 1.29 is 24.2 Å². The highest BCUT2D eigenvalue weighted by Gasteiger charge is 2.37. The third-order valence-corrected chi connectivity index (χ3v) is 6.90. The molecule has 0 unspecified atom stereocenters. The predicted molar refractivity (Wildman–Crippen MR) is 135 cm³/mol. The number of fused-ring (bicyclic) bond motifs is 1. The number of carbonyl (C=O) groups is 2. The summed E-state index contributed by atoms with van der Waals surface area (Å²) in [5.74, 6) is -1.21. The van der Waals surface area contributed by atoms with Crippen LogP contribution in [-0.2, 0) is 33.4 Å². The highest BCUT2D eigenvalue weighted by molar-refractivity contribution is 5.92. The van der Waals surface area contributed by atoms with Gasteiger partial charge in [0.2, 0.25) is 0 Å². The van der Waals surface area contributed by atoms with Crippen molar-refractivity contribution >= 4 is 11.9 Å². The summed E-state index contributed by atoms with van der Waals surface area (Å²) < 4.78 is 10.7. The molecule has 182 valence electrons. The molecule has 3 aromatic carbocycles. The van der Waals surface area contributed by atoms with Crippen LogP contribution >= 0.6 is 0 Å². The van der Waals surface area contributed by atoms with Crippen LogP contribution in [0, 0.1) is 0 Å². The average Bonchev–Trinajstić information content (AvgIpc) is 2.81. The van der Waals surface area contributed by atoms with E-state index in [1.807, 2.05) is 36.4 Å². The number of esters is 2. The van der Waals surface area contributed by atoms with Crippen molar-refractivity contribution in [3.05, 3.63) is 94.5 Å². The van der Waals surface area contributed by atoms with Crippen LogP contribution in [0.15, 0.2) is 66.7 Å². The molecule has 3 aromatic rings. The summed E-state index contributed by atoms with van der Waals surface area (Å²) in [5, 5.41) is 10.3. The number of rotatable bonds is 6. The van der Waals surface area contributed by atoms with Gasteiger partial charge in [0.25, 0.3) is 0 Å². The molecule has 0 saturated carbocycles. The summed E-state index contributed by atoms with van der Waals surface area (Å²) in [6, 6.07) is 19.7. The molecular formula is C30H32O5. The van der Waals surface area contributed by atoms with E-state index in [1.165, 1.54) is 29.3 Å². The molecule has 5 nitrogen and oxygen atoms in total. The summed E-state index contributed by atoms with van der Waals surface area (Å²) in [6.07, 6.45) is 2.35. The molecule has 0 fully saturated rings. The van der Waals surface area contributed by atoms with Crippen molar-refractivity contribution in [1.82, 2.24) is 0 Å². The Bertz CT molecular complexity index is 1240. The Labute approximate surface area is 206 Å². The fourth-order valence-electron chi connectivity index (χ4n) is 4.63. The third kappa shape index (κ3) is 5.56. The van der Waals surface area contributed by atoms with Gasteiger partial charge in [0.15, 0.2) is 0 Å². The molecule has 0 saturated heterocycles. The minimum Gasteiger partial charge on any atom is -0.507 e. The van der Waals surface area contributed by atoms with E-state index in [0.29, 0.717) is 0 Å². The van der Waals surface area contributed by atoms with Gasteiger partial charge in [0.1, 0.15) is 23.7 Å². The van der Waals surface area contributed by atoms with E-state index in [1.54, 1.807) is 0 Å². The number of hydrogen-bond acceptors (Lipinski definition) is 5. The number of carbonyl (C=O) groups excluding carboxylic acids is 2. The molecule has 1 aliphatic rings. The molecule has 35 heavy (non-hydrogen) atoms. The van der Waals surface area contributed by atoms with Crippen molar-refractivity contribution in [3.8, 4) is 11.5 Å². The maximum absolute atomic E-state index is 12.6. The van der Waals surface area contributed by atoms with Crippen LogP contribution in [0.4, 0.5) is 0 Å². The van der Waals surface area contributed by atoms with Crippen molar-refractivity contribution in [2.75, 3.05) is 0 Å². The fraction of sp³-hybridized carbons (Fsp3) is 0.333. The molecule has 4 rings (SSSR count). The Morgan fingerprint density at radius 2 is 1.51 bits per heavy atom. The van der Waals surface area contributed by atoms with Gasteiger partial charge in [-0.3, -0.25) is 4.79 Å². The number of ether oxygens (including phenoxy) is 2. The van der Waals surface area contributed by atoms with Crippen LogP contribution in [0.25, 0.3) is 0 Å². The summed E-state index contributed by atoms with van der Waals surface area (Å²) in [5.41, 5.74) is 4.55. The lowest BCUT2D eigenvalue weighted by Crippen LogP contribution is -2.34. The number of aromatic hydroxyl groups is 1. The van der Waals surface area contributed by atoms with Gasteiger partial charge in [-0.05, 0) is 58.1 Å². The smallest absolute Gasteiger partial charge is 0.342 e. The first-order valence-corrected chi connectivity index (χ1v) is 11.9. The van der Waals surface area contributed by atoms with Gasteiger partial charge in [-0.15, -0.1) is 0 Å². The average molecular weight is 473 g/mol. The van der Waals surface area contributed by atoms with Crippen LogP contribution in [-0.4, -0.2) is 17.0 Å². The zero-order chi connectivity index (χ0) is 25.2. The van der Waals surface area contributed by atoms with Gasteiger partial charge in [0, 0.05) is 6.07 Å². The molecule has 0 atom stereocenters. The zero-order valence-electron chi connectivity index (χ0n) is 20.8. The lowest BCUT2D eigenvalue weighted by molar-refractivity contribution is -0.133. The quantitative estimate of drug-likeness (QED) is 0.339. The Hall–Kier alpha value is -3.60. The van der Waals surface area contributed by atoms with Gasteiger partial charge in [-0.2, -0.15) is 0 Å². The minimum atomic E-state index is -0.649. The van der Waals surface area contributed by atoms with Gasteiger partial charge >= 0.3 is 11.9 Å². The first-order chi connectivity index (χ1) is 16.5. The van der Waals surface area contributed by atoms with E-state index in [2.05, 4.69) is 39.8 Å². The molecule has 0 radical (unpaired) electrons. The number of hydrogen-bond donors (Lipinski definition) is 1. The van der Waals surface area contributed by atoms with E-state index in [-0.39, 0.29) is 40.9 Å². The van der Waals surface area contributed by atoms with Crippen molar-refractivity contribution in [2.45, 2.75) is 64.4 Å². The van der Waals surface area contributed by atoms with Crippen LogP contribution < -0.4 is 4.74 Å². The second kappa shape index (κ2) is 9.57. The SMILES string of the molecule is CC1(C)CCC(C)(C)c2cc(CC(=O)Oc3ccc(C(=O)OCc4ccccc4)c(O)c3)ccc21. The highest BCUT2D eigenvalue weighted by Crippen LogP contribution is 2.45. The van der Waals surface area contributed by atoms with Crippen LogP contribution in [0.5, 0.6) is 11.5 Å². The van der Waals surface area contributed by atoms with Crippen LogP contribution in [0.3, 0.4) is 0 Å². The van der Waals surface area contributed by atoms with E-state index >= 15 is 0 Å². The van der Waals surface area contributed by atoms with Crippen molar-refractivity contribution in [2.24, 2.45) is 0 Å². The molecule has 0 bridgehead atoms. The van der Waals surface area contributed by atoms with Crippen molar-refractivity contribution in [1.29, 1.82) is 0 Å². The molecule has 5 heteroatoms. The maximum Gasteiger partial charge on any atom is 0.342 e. The topological polar surface area (TPSA) is 72.8 Å². The molecule has 0 spiro atoms. The van der Waals surface area contributed by atoms with Gasteiger partial charge in [-0.1, -0.05) is 76.2 Å². The molecule has 0 aliphatic heterocycles. The summed E-state index contributed by atoms with van der Waals surface area (Å²) >= 11 is 0. The van der Waals surface area contributed by atoms with E-state index in [0.717, 1.165) is 24.0 Å². The molecular weight excluding hydrogens is 440 g/mol. The third-order valence-electron chi connectivity index (χ3n) is 6.90. The Balaban J connectivity index is 1.41. The van der Waals surface area contributed by atoms with E-state index < -0.39 is 11.9 Å². The van der Waals surface area contributed by atoms with Crippen LogP contribution in [0.2, 0.25) is 0 Å². The monoisotopic (exact) mass is 472 g/mol. The zero-order valence-corrected chi connectivity index (χ0v) is 20.8. The van der Waals surface area contributed by atoms with Gasteiger partial charge in [-0.25, -0.2) is 4.79 Å². The number of phenols is 1. The molecule has 0 aromatic heterocycles. The Morgan fingerprint density at radius 1 is 0.829 bits per heavy atom. The standard InChI is InChI=1S/C30H32O5/c1-29(2)14-15-30(3,4)25-16-21(10-13-24(25)29)17-27(32)35-22-11-12-23(26(31)18-22)28(33)34-19-20-8-6-5-7-9-20/h5-13,16,18,31H,14-15,17,19H2,1-4H3. The van der Waals surface area contributed by atoms with Crippen LogP contribution in [0.1, 0.15) is 73.1 Å². The Kier molecular flexibility index (Phi) is 6.70. The second-order valence-corrected chi connectivity index (χ2v) is 10.5. The lowest BCUT2D eigenvalue weighted by Gasteiger charge is -2.42. The van der Waals surface area contributed by atoms with Gasteiger partial charge < -0.3 is 14.6 Å². The molecule has 1 N–H and O–H groups in total. The normalized spacial score (nSPS) is 15.7.